The summed E-state index contributed by atoms with van der Waals surface area (Å²) in [5.74, 6) is 1.22. The number of halogens is 2. The van der Waals surface area contributed by atoms with Crippen molar-refractivity contribution in [3.05, 3.63) is 87.9 Å². The zero-order valence-corrected chi connectivity index (χ0v) is 19.1. The summed E-state index contributed by atoms with van der Waals surface area (Å²) in [7, 11) is 0. The molecule has 3 aromatic rings. The molecule has 31 heavy (non-hydrogen) atoms. The number of anilines is 1. The molecule has 3 rings (SSSR count). The molecule has 0 bridgehead atoms. The maximum absolute atomic E-state index is 6.22. The van der Waals surface area contributed by atoms with Gasteiger partial charge in [0.1, 0.15) is 6.61 Å². The minimum Gasteiger partial charge on any atom is -0.490 e. The van der Waals surface area contributed by atoms with Crippen LogP contribution in [-0.4, -0.2) is 17.9 Å². The average molecular weight is 474 g/mol. The van der Waals surface area contributed by atoms with Crippen LogP contribution in [0, 0.1) is 0 Å². The highest BCUT2D eigenvalue weighted by Gasteiger charge is 2.08. The maximum atomic E-state index is 6.22. The summed E-state index contributed by atoms with van der Waals surface area (Å²) in [6, 6.07) is 20.5. The minimum atomic E-state index is 0.296. The van der Waals surface area contributed by atoms with Gasteiger partial charge in [-0.2, -0.15) is 5.10 Å². The highest BCUT2D eigenvalue weighted by Crippen LogP contribution is 2.30. The van der Waals surface area contributed by atoms with Gasteiger partial charge >= 0.3 is 0 Å². The van der Waals surface area contributed by atoms with Crippen LogP contribution in [0.15, 0.2) is 71.8 Å². The number of benzene rings is 3. The van der Waals surface area contributed by atoms with E-state index in [4.69, 9.17) is 44.9 Å². The van der Waals surface area contributed by atoms with Crippen molar-refractivity contribution >= 4 is 52.4 Å². The number of hydrogen-bond donors (Lipinski definition) is 2. The van der Waals surface area contributed by atoms with Crippen LogP contribution < -0.4 is 20.2 Å². The van der Waals surface area contributed by atoms with E-state index in [1.165, 1.54) is 0 Å². The van der Waals surface area contributed by atoms with Crippen LogP contribution in [0.25, 0.3) is 0 Å². The zero-order valence-electron chi connectivity index (χ0n) is 16.8. The highest BCUT2D eigenvalue weighted by atomic mass is 35.5. The van der Waals surface area contributed by atoms with Crippen LogP contribution in [0.3, 0.4) is 0 Å². The minimum absolute atomic E-state index is 0.296. The fraction of sp³-hybridized carbons (Fsp3) is 0.130. The predicted molar refractivity (Wildman–Crippen MR) is 132 cm³/mol. The van der Waals surface area contributed by atoms with Gasteiger partial charge in [-0.05, 0) is 67.2 Å². The fourth-order valence-corrected chi connectivity index (χ4v) is 3.27. The van der Waals surface area contributed by atoms with Crippen molar-refractivity contribution in [2.24, 2.45) is 5.10 Å². The van der Waals surface area contributed by atoms with E-state index in [2.05, 4.69) is 15.8 Å². The van der Waals surface area contributed by atoms with E-state index in [0.717, 1.165) is 16.8 Å². The summed E-state index contributed by atoms with van der Waals surface area (Å²) >= 11 is 17.4. The molecule has 8 heteroatoms. The smallest absolute Gasteiger partial charge is 0.191 e. The first-order valence-electron chi connectivity index (χ1n) is 9.54. The van der Waals surface area contributed by atoms with E-state index in [1.54, 1.807) is 18.3 Å². The van der Waals surface area contributed by atoms with E-state index in [9.17, 15) is 0 Å². The molecule has 0 fully saturated rings. The molecule has 0 unspecified atom stereocenters. The molecule has 0 saturated carbocycles. The van der Waals surface area contributed by atoms with Crippen molar-refractivity contribution in [2.75, 3.05) is 11.9 Å². The lowest BCUT2D eigenvalue weighted by molar-refractivity contribution is 0.269. The maximum Gasteiger partial charge on any atom is 0.191 e. The molecule has 5 nitrogen and oxygen atoms in total. The van der Waals surface area contributed by atoms with Crippen molar-refractivity contribution in [2.45, 2.75) is 13.5 Å². The Morgan fingerprint density at radius 3 is 2.55 bits per heavy atom. The number of ether oxygens (including phenoxy) is 2. The number of hydrazone groups is 1. The second-order valence-corrected chi connectivity index (χ2v) is 7.61. The summed E-state index contributed by atoms with van der Waals surface area (Å²) in [6.07, 6.45) is 1.65. The molecule has 3 aromatic carbocycles. The first-order chi connectivity index (χ1) is 15.0. The third kappa shape index (κ3) is 7.14. The van der Waals surface area contributed by atoms with Crippen LogP contribution in [0.2, 0.25) is 10.0 Å². The van der Waals surface area contributed by atoms with Gasteiger partial charge in [0, 0.05) is 21.3 Å². The first kappa shape index (κ1) is 22.9. The van der Waals surface area contributed by atoms with E-state index in [1.807, 2.05) is 61.5 Å². The Hall–Kier alpha value is -2.80. The summed E-state index contributed by atoms with van der Waals surface area (Å²) < 4.78 is 11.6. The number of nitrogens with zero attached hydrogens (tertiary/aromatic N) is 1. The Kier molecular flexibility index (Phi) is 8.53. The quantitative estimate of drug-likeness (QED) is 0.228. The van der Waals surface area contributed by atoms with E-state index < -0.39 is 0 Å². The van der Waals surface area contributed by atoms with Gasteiger partial charge in [0.2, 0.25) is 0 Å². The fourth-order valence-electron chi connectivity index (χ4n) is 2.63. The largest absolute Gasteiger partial charge is 0.490 e. The van der Waals surface area contributed by atoms with Crippen LogP contribution in [0.4, 0.5) is 5.69 Å². The molecule has 0 radical (unpaired) electrons. The molecule has 0 aliphatic rings. The van der Waals surface area contributed by atoms with Crippen molar-refractivity contribution in [3.63, 3.8) is 0 Å². The summed E-state index contributed by atoms with van der Waals surface area (Å²) in [5.41, 5.74) is 5.35. The van der Waals surface area contributed by atoms with E-state index in [-0.39, 0.29) is 0 Å². The summed E-state index contributed by atoms with van der Waals surface area (Å²) in [6.45, 7) is 2.71. The zero-order chi connectivity index (χ0) is 22.1. The van der Waals surface area contributed by atoms with Gasteiger partial charge in [0.15, 0.2) is 16.6 Å². The number of thiocarbonyl (C=S) groups is 1. The van der Waals surface area contributed by atoms with Gasteiger partial charge < -0.3 is 14.8 Å². The molecule has 160 valence electrons. The third-order valence-electron chi connectivity index (χ3n) is 4.08. The second-order valence-electron chi connectivity index (χ2n) is 6.35. The van der Waals surface area contributed by atoms with Crippen LogP contribution >= 0.6 is 35.4 Å². The van der Waals surface area contributed by atoms with Crippen LogP contribution in [0.5, 0.6) is 11.5 Å². The number of nitrogens with one attached hydrogen (secondary N) is 2. The molecule has 0 amide bonds. The average Bonchev–Trinajstić information content (AvgIpc) is 2.75. The van der Waals surface area contributed by atoms with Gasteiger partial charge in [-0.1, -0.05) is 47.5 Å². The lowest BCUT2D eigenvalue weighted by Crippen LogP contribution is -2.23. The molecule has 2 N–H and O–H groups in total. The Balaban J connectivity index is 1.62. The van der Waals surface area contributed by atoms with Crippen molar-refractivity contribution < 1.29 is 9.47 Å². The van der Waals surface area contributed by atoms with Crippen molar-refractivity contribution in [3.8, 4) is 11.5 Å². The standard InChI is InChI=1S/C23H21Cl2N3O2S/c1-2-29-22-12-16(14-26-28-23(31)27-19-6-4-3-5-7-19)8-11-21(22)30-15-17-9-10-18(24)13-20(17)25/h3-14H,2,15H2,1H3,(H2,27,28,31)/b26-14+. The normalized spacial score (nSPS) is 10.7. The van der Waals surface area contributed by atoms with Crippen LogP contribution in [0.1, 0.15) is 18.1 Å². The third-order valence-corrected chi connectivity index (χ3v) is 4.86. The van der Waals surface area contributed by atoms with Gasteiger partial charge in [-0.3, -0.25) is 5.43 Å². The van der Waals surface area contributed by atoms with E-state index in [0.29, 0.717) is 39.9 Å². The van der Waals surface area contributed by atoms with Gasteiger partial charge in [-0.25, -0.2) is 0 Å². The Morgan fingerprint density at radius 2 is 1.81 bits per heavy atom. The number of hydrogen-bond acceptors (Lipinski definition) is 4. The molecule has 0 saturated heterocycles. The molecular formula is C23H21Cl2N3O2S. The van der Waals surface area contributed by atoms with Crippen molar-refractivity contribution in [1.29, 1.82) is 0 Å². The lowest BCUT2D eigenvalue weighted by Gasteiger charge is -2.13. The Morgan fingerprint density at radius 1 is 1.00 bits per heavy atom. The molecule has 0 heterocycles. The monoisotopic (exact) mass is 473 g/mol. The van der Waals surface area contributed by atoms with E-state index >= 15 is 0 Å². The van der Waals surface area contributed by atoms with Crippen molar-refractivity contribution in [1.82, 2.24) is 5.43 Å². The summed E-state index contributed by atoms with van der Waals surface area (Å²) in [5, 5.41) is 8.76. The first-order valence-corrected chi connectivity index (χ1v) is 10.7. The summed E-state index contributed by atoms with van der Waals surface area (Å²) in [4.78, 5) is 0. The number of para-hydroxylation sites is 1. The second kappa shape index (κ2) is 11.6. The topological polar surface area (TPSA) is 54.9 Å². The number of rotatable bonds is 8. The van der Waals surface area contributed by atoms with Gasteiger partial charge in [-0.15, -0.1) is 0 Å². The Bertz CT molecular complexity index is 1060. The molecule has 0 aromatic heterocycles. The highest BCUT2D eigenvalue weighted by molar-refractivity contribution is 7.80. The van der Waals surface area contributed by atoms with Gasteiger partial charge in [0.05, 0.1) is 12.8 Å². The Labute approximate surface area is 197 Å². The van der Waals surface area contributed by atoms with Crippen LogP contribution in [-0.2, 0) is 6.61 Å². The SMILES string of the molecule is CCOc1cc(/C=N/NC(=S)Nc2ccccc2)ccc1OCc1ccc(Cl)cc1Cl. The molecule has 0 atom stereocenters. The van der Waals surface area contributed by atoms with Gasteiger partial charge in [0.25, 0.3) is 0 Å². The molecular weight excluding hydrogens is 453 g/mol. The molecule has 0 spiro atoms. The predicted octanol–water partition coefficient (Wildman–Crippen LogP) is 6.29. The lowest BCUT2D eigenvalue weighted by atomic mass is 10.2. The molecule has 0 aliphatic carbocycles. The molecule has 0 aliphatic heterocycles.